The molecule has 0 amide bonds. The molecule has 0 aliphatic carbocycles. The van der Waals surface area contributed by atoms with Crippen molar-refractivity contribution in [1.29, 1.82) is 0 Å². The van der Waals surface area contributed by atoms with Gasteiger partial charge < -0.3 is 48.0 Å². The number of esters is 2. The Bertz CT molecular complexity index is 3720. The number of aromatic nitrogens is 8. The Morgan fingerprint density at radius 2 is 0.642 bits per heavy atom. The van der Waals surface area contributed by atoms with E-state index in [1.807, 2.05) is 177 Å². The summed E-state index contributed by atoms with van der Waals surface area (Å²) in [6.07, 6.45) is 17.7. The molecule has 0 radical (unpaired) electrons. The molecule has 0 aliphatic rings. The lowest BCUT2D eigenvalue weighted by molar-refractivity contribution is -0.142. The second-order valence-corrected chi connectivity index (χ2v) is 28.5. The van der Waals surface area contributed by atoms with Crippen LogP contribution in [0, 0.1) is 0 Å². The predicted octanol–water partition coefficient (Wildman–Crippen LogP) is 15.8. The first kappa shape index (κ1) is 87.7. The topological polar surface area (TPSA) is 208 Å². The van der Waals surface area contributed by atoms with E-state index in [1.54, 1.807) is 32.6 Å². The Hall–Kier alpha value is -8.96. The minimum atomic E-state index is -0.315. The van der Waals surface area contributed by atoms with Gasteiger partial charge in [-0.25, -0.2) is 0 Å². The lowest BCUT2D eigenvalue weighted by Gasteiger charge is -2.17. The van der Waals surface area contributed by atoms with Gasteiger partial charge in [0.15, 0.2) is 11.6 Å². The second-order valence-electron chi connectivity index (χ2n) is 28.5. The van der Waals surface area contributed by atoms with Gasteiger partial charge in [-0.1, -0.05) is 53.4 Å². The molecule has 0 N–H and O–H groups in total. The molecule has 0 fully saturated rings. The van der Waals surface area contributed by atoms with E-state index < -0.39 is 0 Å². The number of ketones is 2. The van der Waals surface area contributed by atoms with Crippen LogP contribution in [0.15, 0.2) is 122 Å². The highest BCUT2D eigenvalue weighted by Crippen LogP contribution is 2.31. The molecule has 8 rings (SSSR count). The summed E-state index contributed by atoms with van der Waals surface area (Å²) < 4.78 is 39.4. The smallest absolute Gasteiger partial charge is 0.327 e. The van der Waals surface area contributed by atoms with Gasteiger partial charge in [-0.3, -0.25) is 37.9 Å². The minimum Gasteiger partial charge on any atom is -0.491 e. The number of ether oxygens (including phenoxy) is 6. The highest BCUT2D eigenvalue weighted by atomic mass is 16.5. The van der Waals surface area contributed by atoms with Gasteiger partial charge in [0.2, 0.25) is 0 Å². The average molecular weight is 1460 g/mol. The number of hydrogen-bond donors (Lipinski definition) is 0. The molecule has 4 aromatic heterocycles. The fraction of sp³-hybridized carbons (Fsp3) is 0.524. The van der Waals surface area contributed by atoms with Crippen molar-refractivity contribution in [3.05, 3.63) is 144 Å². The third-order valence-electron chi connectivity index (χ3n) is 16.6. The summed E-state index contributed by atoms with van der Waals surface area (Å²) >= 11 is 0. The molecule has 0 unspecified atom stereocenters. The number of Topliss-reactive ketones (excluding diaryl/α,β-unsaturated/α-hetero) is 2. The Balaban J connectivity index is 0.000000254. The summed E-state index contributed by atoms with van der Waals surface area (Å²) in [7, 11) is 11.2. The monoisotopic (exact) mass is 1460 g/mol. The number of nitrogens with zero attached hydrogens (tertiary/aromatic N) is 12. The number of rotatable bonds is 40. The van der Waals surface area contributed by atoms with E-state index in [9.17, 15) is 19.2 Å². The van der Waals surface area contributed by atoms with E-state index in [0.717, 1.165) is 168 Å². The molecule has 0 spiro atoms. The normalized spacial score (nSPS) is 11.3. The van der Waals surface area contributed by atoms with Crippen molar-refractivity contribution in [1.82, 2.24) is 58.7 Å². The van der Waals surface area contributed by atoms with Crippen LogP contribution in [0.2, 0.25) is 0 Å². The van der Waals surface area contributed by atoms with E-state index in [4.69, 9.17) is 28.4 Å². The number of carbonyl (C=O) groups is 4. The molecule has 0 atom stereocenters. The van der Waals surface area contributed by atoms with E-state index in [2.05, 4.69) is 95.9 Å². The maximum absolute atomic E-state index is 11.8. The zero-order valence-corrected chi connectivity index (χ0v) is 67.4. The van der Waals surface area contributed by atoms with Crippen LogP contribution in [-0.2, 0) is 81.0 Å². The van der Waals surface area contributed by atoms with Gasteiger partial charge in [-0.15, -0.1) is 0 Å². The van der Waals surface area contributed by atoms with Gasteiger partial charge in [0.25, 0.3) is 0 Å². The maximum Gasteiger partial charge on any atom is 0.327 e. The van der Waals surface area contributed by atoms with Crippen molar-refractivity contribution >= 4 is 23.5 Å². The van der Waals surface area contributed by atoms with Gasteiger partial charge in [0, 0.05) is 89.3 Å². The van der Waals surface area contributed by atoms with Crippen LogP contribution in [0.4, 0.5) is 0 Å². The number of hydrogen-bond acceptors (Lipinski definition) is 18. The number of methoxy groups -OCH3 is 2. The van der Waals surface area contributed by atoms with E-state index >= 15 is 0 Å². The van der Waals surface area contributed by atoms with Crippen LogP contribution in [0.1, 0.15) is 171 Å². The number of unbranched alkanes of at least 4 members (excludes halogenated alkanes) is 4. The largest absolute Gasteiger partial charge is 0.491 e. The van der Waals surface area contributed by atoms with Gasteiger partial charge in [-0.2, -0.15) is 20.4 Å². The number of benzene rings is 4. The lowest BCUT2D eigenvalue weighted by Crippen LogP contribution is -2.19. The van der Waals surface area contributed by atoms with Gasteiger partial charge in [0.05, 0.1) is 80.7 Å². The molecule has 0 saturated heterocycles. The Morgan fingerprint density at radius 1 is 0.377 bits per heavy atom. The third-order valence-corrected chi connectivity index (χ3v) is 16.6. The van der Waals surface area contributed by atoms with E-state index in [0.29, 0.717) is 13.1 Å². The first-order valence-corrected chi connectivity index (χ1v) is 37.8. The zero-order chi connectivity index (χ0) is 77.8. The standard InChI is InChI=1S/2C21H31N3O3.2C21H31N3O2/c1-6-7-12-23(4)13-18-14-24(15-20(25)26-5)22-21(18)17-8-10-19(11-9-17)27-16(2)3;1-6-7-12-23(4)14-18-13-22-24(15-20(25)26-5)21(18)17-8-10-19(11-9-17)27-16(2)3;2*1-6-7-12-23(5)14-19-15-24(13-17(4)25)22-21(19)18-8-10-20(11-9-18)26-16(2)3/h8-11,14,16H,6-7,12-13,15H2,1-5H3;8-11,13,16H,6-7,12,14-15H2,1-5H3;2*8-11,15-16H,6-7,12-14H2,1-5H3. The van der Waals surface area contributed by atoms with Crippen molar-refractivity contribution < 1.29 is 47.6 Å². The molecule has 580 valence electrons. The Kier molecular flexibility index (Phi) is 38.2. The molecular formula is C84H124N12O10. The number of carbonyl (C=O) groups excluding carboxylic acids is 4. The molecular weight excluding hydrogens is 1340 g/mol. The van der Waals surface area contributed by atoms with Crippen molar-refractivity contribution in [2.75, 3.05) is 68.6 Å². The SMILES string of the molecule is CCCCN(C)Cc1cn(CC(=O)OC)nc1-c1ccc(OC(C)C)cc1.CCCCN(C)Cc1cn(CC(C)=O)nc1-c1ccc(OC(C)C)cc1.CCCCN(C)Cc1cn(CC(C)=O)nc1-c1ccc(OC(C)C)cc1.CCCCN(C)Cc1cnn(CC(=O)OC)c1-c1ccc(OC(C)C)cc1. The van der Waals surface area contributed by atoms with Crippen LogP contribution < -0.4 is 18.9 Å². The summed E-state index contributed by atoms with van der Waals surface area (Å²) in [6.45, 7) is 36.2. The van der Waals surface area contributed by atoms with Gasteiger partial charge in [0.1, 0.15) is 36.1 Å². The van der Waals surface area contributed by atoms with Crippen LogP contribution in [0.25, 0.3) is 45.0 Å². The van der Waals surface area contributed by atoms with Gasteiger partial charge >= 0.3 is 11.9 Å². The maximum atomic E-state index is 11.8. The fourth-order valence-corrected chi connectivity index (χ4v) is 11.6. The summed E-state index contributed by atoms with van der Waals surface area (Å²) in [6, 6.07) is 31.9. The summed E-state index contributed by atoms with van der Waals surface area (Å²) in [5.41, 5.74) is 12.3. The van der Waals surface area contributed by atoms with Crippen molar-refractivity contribution in [3.8, 4) is 68.0 Å². The molecule has 22 heteroatoms. The molecule has 106 heavy (non-hydrogen) atoms. The Morgan fingerprint density at radius 3 is 0.906 bits per heavy atom. The third kappa shape index (κ3) is 31.2. The molecule has 4 aromatic carbocycles. The van der Waals surface area contributed by atoms with Crippen molar-refractivity contribution in [2.45, 2.75) is 225 Å². The van der Waals surface area contributed by atoms with Crippen LogP contribution in [0.5, 0.6) is 23.0 Å². The highest BCUT2D eigenvalue weighted by Gasteiger charge is 2.21. The summed E-state index contributed by atoms with van der Waals surface area (Å²) in [4.78, 5) is 55.6. The summed E-state index contributed by atoms with van der Waals surface area (Å²) in [5, 5.41) is 18.4. The first-order valence-electron chi connectivity index (χ1n) is 37.8. The van der Waals surface area contributed by atoms with Crippen LogP contribution in [-0.4, -0.2) is 175 Å². The van der Waals surface area contributed by atoms with Crippen molar-refractivity contribution in [3.63, 3.8) is 0 Å². The molecule has 0 aliphatic heterocycles. The lowest BCUT2D eigenvalue weighted by atomic mass is 10.1. The minimum absolute atomic E-state index is 0.0920. The molecule has 0 bridgehead atoms. The predicted molar refractivity (Wildman–Crippen MR) is 424 cm³/mol. The molecule has 8 aromatic rings. The highest BCUT2D eigenvalue weighted by molar-refractivity contribution is 5.76. The van der Waals surface area contributed by atoms with Crippen LogP contribution in [0.3, 0.4) is 0 Å². The van der Waals surface area contributed by atoms with Crippen molar-refractivity contribution in [2.24, 2.45) is 0 Å². The summed E-state index contributed by atoms with van der Waals surface area (Å²) in [5.74, 6) is 2.96. The second kappa shape index (κ2) is 46.2. The quantitative estimate of drug-likeness (QED) is 0.0327. The van der Waals surface area contributed by atoms with E-state index in [1.165, 1.54) is 39.9 Å². The van der Waals surface area contributed by atoms with Gasteiger partial charge in [-0.05, 0) is 246 Å². The fourth-order valence-electron chi connectivity index (χ4n) is 11.6. The zero-order valence-electron chi connectivity index (χ0n) is 67.4. The first-order chi connectivity index (χ1) is 50.6. The van der Waals surface area contributed by atoms with E-state index in [-0.39, 0.29) is 61.0 Å². The van der Waals surface area contributed by atoms with Crippen LogP contribution >= 0.6 is 0 Å². The Labute approximate surface area is 632 Å². The average Bonchev–Trinajstić information content (AvgIpc) is 1.69. The molecule has 22 nitrogen and oxygen atoms in total. The molecule has 0 saturated carbocycles. The molecule has 4 heterocycles.